The van der Waals surface area contributed by atoms with Gasteiger partial charge in [-0.1, -0.05) is 147 Å². The normalized spacial score (nSPS) is 13.4. The van der Waals surface area contributed by atoms with Crippen molar-refractivity contribution in [2.75, 3.05) is 0 Å². The maximum absolute atomic E-state index is 2.49. The minimum atomic E-state index is -0.126. The van der Waals surface area contributed by atoms with Gasteiger partial charge in [0.15, 0.2) is 0 Å². The Morgan fingerprint density at radius 2 is 0.855 bits per heavy atom. The molecule has 0 amide bonds. The number of hydrogen-bond acceptors (Lipinski definition) is 2. The molecule has 2 aromatic heterocycles. The van der Waals surface area contributed by atoms with Crippen molar-refractivity contribution < 1.29 is 0 Å². The van der Waals surface area contributed by atoms with Crippen LogP contribution in [0.5, 0.6) is 0 Å². The summed E-state index contributed by atoms with van der Waals surface area (Å²) in [5.74, 6) is 0. The van der Waals surface area contributed by atoms with Crippen molar-refractivity contribution in [1.82, 2.24) is 0 Å². The van der Waals surface area contributed by atoms with Gasteiger partial charge < -0.3 is 0 Å². The van der Waals surface area contributed by atoms with E-state index >= 15 is 0 Å². The zero-order valence-electron chi connectivity index (χ0n) is 30.5. The van der Waals surface area contributed by atoms with Crippen LogP contribution in [0.1, 0.15) is 25.0 Å². The first-order chi connectivity index (χ1) is 27.0. The molecule has 0 saturated heterocycles. The minimum absolute atomic E-state index is 0.126. The van der Waals surface area contributed by atoms with E-state index in [1.54, 1.807) is 0 Å². The van der Waals surface area contributed by atoms with Crippen molar-refractivity contribution in [3.63, 3.8) is 0 Å². The van der Waals surface area contributed by atoms with Gasteiger partial charge in [0, 0.05) is 45.8 Å². The van der Waals surface area contributed by atoms with Gasteiger partial charge in [-0.3, -0.25) is 0 Å². The second-order valence-electron chi connectivity index (χ2n) is 15.6. The van der Waals surface area contributed by atoms with Crippen molar-refractivity contribution >= 4 is 84.6 Å². The lowest BCUT2D eigenvalue weighted by atomic mass is 9.80. The van der Waals surface area contributed by atoms with Gasteiger partial charge in [0.25, 0.3) is 0 Å². The van der Waals surface area contributed by atoms with E-state index < -0.39 is 0 Å². The summed E-state index contributed by atoms with van der Waals surface area (Å²) in [5, 5.41) is 10.7. The zero-order chi connectivity index (χ0) is 36.4. The third-order valence-electron chi connectivity index (χ3n) is 12.3. The predicted molar refractivity (Wildman–Crippen MR) is 241 cm³/mol. The molecular formula is C53H34S2. The van der Waals surface area contributed by atoms with E-state index in [9.17, 15) is 0 Å². The van der Waals surface area contributed by atoms with Gasteiger partial charge in [-0.25, -0.2) is 0 Å². The maximum Gasteiger partial charge on any atom is 0.0362 e. The van der Waals surface area contributed by atoms with E-state index in [2.05, 4.69) is 184 Å². The van der Waals surface area contributed by atoms with Crippen LogP contribution in [0.4, 0.5) is 0 Å². The van der Waals surface area contributed by atoms with Gasteiger partial charge in [0.2, 0.25) is 0 Å². The van der Waals surface area contributed by atoms with E-state index in [1.807, 2.05) is 22.7 Å². The molecule has 258 valence electrons. The fraction of sp³-hybridized carbons (Fsp3) is 0.0566. The lowest BCUT2D eigenvalue weighted by Gasteiger charge is -2.23. The molecule has 2 heterocycles. The highest BCUT2D eigenvalue weighted by molar-refractivity contribution is 7.28. The number of hydrogen-bond donors (Lipinski definition) is 0. The van der Waals surface area contributed by atoms with Crippen LogP contribution in [-0.4, -0.2) is 0 Å². The number of fused-ring (bicyclic) bond motifs is 12. The molecule has 0 radical (unpaired) electrons. The largest absolute Gasteiger partial charge is 0.135 e. The topological polar surface area (TPSA) is 0 Å². The van der Waals surface area contributed by atoms with Gasteiger partial charge in [-0.2, -0.15) is 0 Å². The summed E-state index contributed by atoms with van der Waals surface area (Å²) >= 11 is 3.81. The van der Waals surface area contributed by atoms with E-state index in [0.717, 1.165) is 0 Å². The van der Waals surface area contributed by atoms with Crippen molar-refractivity contribution in [1.29, 1.82) is 0 Å². The Labute approximate surface area is 327 Å². The van der Waals surface area contributed by atoms with Crippen molar-refractivity contribution in [2.24, 2.45) is 0 Å². The quantitative estimate of drug-likeness (QED) is 0.159. The highest BCUT2D eigenvalue weighted by atomic mass is 32.1. The molecule has 0 spiro atoms. The molecule has 1 aliphatic carbocycles. The number of benzene rings is 9. The van der Waals surface area contributed by atoms with Crippen LogP contribution in [0.2, 0.25) is 0 Å². The number of thiophene rings is 2. The molecule has 55 heavy (non-hydrogen) atoms. The summed E-state index contributed by atoms with van der Waals surface area (Å²) in [4.78, 5) is 0. The Balaban J connectivity index is 1.00. The van der Waals surface area contributed by atoms with Crippen LogP contribution in [0.25, 0.3) is 106 Å². The van der Waals surface area contributed by atoms with Gasteiger partial charge in [-0.15, -0.1) is 22.7 Å². The molecular weight excluding hydrogens is 701 g/mol. The summed E-state index contributed by atoms with van der Waals surface area (Å²) in [5.41, 5.74) is 13.0. The summed E-state index contributed by atoms with van der Waals surface area (Å²) in [6.45, 7) is 4.79. The Morgan fingerprint density at radius 1 is 0.327 bits per heavy atom. The Morgan fingerprint density at radius 3 is 1.55 bits per heavy atom. The molecule has 1 aliphatic rings. The van der Waals surface area contributed by atoms with E-state index in [-0.39, 0.29) is 5.41 Å². The second-order valence-corrected chi connectivity index (χ2v) is 17.7. The molecule has 0 N–H and O–H groups in total. The van der Waals surface area contributed by atoms with Gasteiger partial charge in [0.05, 0.1) is 0 Å². The van der Waals surface area contributed by atoms with Gasteiger partial charge >= 0.3 is 0 Å². The third-order valence-corrected chi connectivity index (χ3v) is 14.5. The molecule has 11 aromatic rings. The number of rotatable bonds is 3. The molecule has 12 rings (SSSR count). The molecule has 0 saturated carbocycles. The average molecular weight is 735 g/mol. The smallest absolute Gasteiger partial charge is 0.0362 e. The highest BCUT2D eigenvalue weighted by Gasteiger charge is 2.36. The van der Waals surface area contributed by atoms with E-state index in [0.29, 0.717) is 0 Å². The van der Waals surface area contributed by atoms with Crippen LogP contribution in [0.3, 0.4) is 0 Å². The highest BCUT2D eigenvalue weighted by Crippen LogP contribution is 2.53. The first-order valence-electron chi connectivity index (χ1n) is 19.1. The molecule has 2 heteroatoms. The molecule has 0 fully saturated rings. The van der Waals surface area contributed by atoms with E-state index in [4.69, 9.17) is 0 Å². The van der Waals surface area contributed by atoms with Crippen LogP contribution in [-0.2, 0) is 5.41 Å². The maximum atomic E-state index is 2.49. The van der Waals surface area contributed by atoms with E-state index in [1.165, 1.54) is 118 Å². The fourth-order valence-corrected chi connectivity index (χ4v) is 12.0. The van der Waals surface area contributed by atoms with Crippen molar-refractivity contribution in [3.05, 3.63) is 181 Å². The lowest BCUT2D eigenvalue weighted by Crippen LogP contribution is -2.15. The summed E-state index contributed by atoms with van der Waals surface area (Å²) < 4.78 is 5.43. The van der Waals surface area contributed by atoms with Crippen LogP contribution >= 0.6 is 22.7 Å². The Bertz CT molecular complexity index is 3340. The molecule has 9 aromatic carbocycles. The first-order valence-corrected chi connectivity index (χ1v) is 20.7. The fourth-order valence-electron chi connectivity index (χ4n) is 9.71. The second kappa shape index (κ2) is 11.5. The summed E-state index contributed by atoms with van der Waals surface area (Å²) in [6.07, 6.45) is 0. The first kappa shape index (κ1) is 31.3. The Kier molecular flexibility index (Phi) is 6.53. The average Bonchev–Trinajstić information content (AvgIpc) is 3.86. The third kappa shape index (κ3) is 4.44. The monoisotopic (exact) mass is 734 g/mol. The van der Waals surface area contributed by atoms with Crippen LogP contribution < -0.4 is 0 Å². The summed E-state index contributed by atoms with van der Waals surface area (Å²) in [6, 6.07) is 63.8. The molecule has 0 aliphatic heterocycles. The SMILES string of the molecule is CC1(C)c2ccc(-c3ccc4c(c3)sc3ccc5sc6ccccc6c5c34)cc2-c2ccc(-c3c4ccccc4c(-c4ccccc4)c4ccccc34)cc21. The predicted octanol–water partition coefficient (Wildman–Crippen LogP) is 16.0. The zero-order valence-corrected chi connectivity index (χ0v) is 32.1. The standard InChI is InChI=1S/C53H34S2/c1-53(2)43-25-22-32(33-20-24-41-48(30-33)55-47-27-26-46-51(52(41)47)40-18-10-11-19-45(40)54-46)28-42(43)35-23-21-34(29-44(35)53)50-38-16-8-6-14-36(38)49(31-12-4-3-5-13-31)37-15-7-9-17-39(37)50/h3-30H,1-2H3. The van der Waals surface area contributed by atoms with Gasteiger partial charge in [-0.05, 0) is 114 Å². The van der Waals surface area contributed by atoms with Crippen molar-refractivity contribution in [3.8, 4) is 44.5 Å². The molecule has 0 nitrogen and oxygen atoms in total. The molecule has 0 atom stereocenters. The van der Waals surface area contributed by atoms with Crippen LogP contribution in [0.15, 0.2) is 170 Å². The Hall–Kier alpha value is -6.06. The van der Waals surface area contributed by atoms with Gasteiger partial charge in [0.1, 0.15) is 0 Å². The minimum Gasteiger partial charge on any atom is -0.135 e. The summed E-state index contributed by atoms with van der Waals surface area (Å²) in [7, 11) is 0. The molecule has 0 bridgehead atoms. The van der Waals surface area contributed by atoms with Crippen molar-refractivity contribution in [2.45, 2.75) is 19.3 Å². The van der Waals surface area contributed by atoms with Crippen LogP contribution in [0, 0.1) is 0 Å². The molecule has 0 unspecified atom stereocenters. The lowest BCUT2D eigenvalue weighted by molar-refractivity contribution is 0.660.